The molecule has 1 amide bonds. The largest absolute Gasteiger partial charge is 0.496 e. The van der Waals surface area contributed by atoms with Crippen molar-refractivity contribution in [3.63, 3.8) is 0 Å². The number of hydrogen-bond donors (Lipinski definition) is 1. The molecule has 0 radical (unpaired) electrons. The van der Waals surface area contributed by atoms with E-state index in [4.69, 9.17) is 4.74 Å². The van der Waals surface area contributed by atoms with Crippen molar-refractivity contribution < 1.29 is 9.53 Å². The van der Waals surface area contributed by atoms with Gasteiger partial charge in [-0.3, -0.25) is 4.79 Å². The number of ether oxygens (including phenoxy) is 1. The number of methoxy groups -OCH3 is 1. The molecule has 4 nitrogen and oxygen atoms in total. The molecule has 0 aromatic heterocycles. The zero-order valence-corrected chi connectivity index (χ0v) is 12.0. The van der Waals surface area contributed by atoms with Gasteiger partial charge >= 0.3 is 0 Å². The highest BCUT2D eigenvalue weighted by atomic mass is 79.9. The highest BCUT2D eigenvalue weighted by Crippen LogP contribution is 2.24. The first-order chi connectivity index (χ1) is 8.70. The van der Waals surface area contributed by atoms with Crippen molar-refractivity contribution in [2.24, 2.45) is 0 Å². The third-order valence-electron chi connectivity index (χ3n) is 3.06. The van der Waals surface area contributed by atoms with Gasteiger partial charge in [-0.05, 0) is 12.1 Å². The van der Waals surface area contributed by atoms with Gasteiger partial charge in [0, 0.05) is 36.2 Å². The van der Waals surface area contributed by atoms with E-state index in [1.165, 1.54) is 0 Å². The molecule has 5 heteroatoms. The summed E-state index contributed by atoms with van der Waals surface area (Å²) >= 11 is 3.40. The van der Waals surface area contributed by atoms with Gasteiger partial charge in [-0.2, -0.15) is 0 Å². The Labute approximate surface area is 115 Å². The van der Waals surface area contributed by atoms with Crippen molar-refractivity contribution in [1.82, 2.24) is 10.2 Å². The minimum absolute atomic E-state index is 0.164. The van der Waals surface area contributed by atoms with Crippen LogP contribution in [0.15, 0.2) is 22.7 Å². The first-order valence-electron chi connectivity index (χ1n) is 6.01. The van der Waals surface area contributed by atoms with E-state index in [0.717, 1.165) is 42.0 Å². The van der Waals surface area contributed by atoms with E-state index < -0.39 is 0 Å². The molecular weight excluding hydrogens is 296 g/mol. The standard InChI is InChI=1S/C13H17BrN2O2/c1-18-12-9-11(14)3-2-10(12)8-13(17)16-6-4-15-5-7-16/h2-3,9,15H,4-8H2,1H3. The maximum Gasteiger partial charge on any atom is 0.227 e. The Kier molecular flexibility index (Phi) is 4.60. The molecule has 0 bridgehead atoms. The fraction of sp³-hybridized carbons (Fsp3) is 0.462. The molecule has 2 rings (SSSR count). The third-order valence-corrected chi connectivity index (χ3v) is 3.55. The van der Waals surface area contributed by atoms with Gasteiger partial charge < -0.3 is 15.0 Å². The monoisotopic (exact) mass is 312 g/mol. The number of amides is 1. The van der Waals surface area contributed by atoms with Crippen LogP contribution in [0.1, 0.15) is 5.56 Å². The molecular formula is C13H17BrN2O2. The van der Waals surface area contributed by atoms with E-state index >= 15 is 0 Å². The zero-order chi connectivity index (χ0) is 13.0. The van der Waals surface area contributed by atoms with Crippen molar-refractivity contribution in [2.45, 2.75) is 6.42 Å². The first-order valence-corrected chi connectivity index (χ1v) is 6.81. The molecule has 0 unspecified atom stereocenters. The summed E-state index contributed by atoms with van der Waals surface area (Å²) in [6.07, 6.45) is 0.399. The third kappa shape index (κ3) is 3.23. The van der Waals surface area contributed by atoms with Gasteiger partial charge in [-0.25, -0.2) is 0 Å². The average molecular weight is 313 g/mol. The number of hydrogen-bond acceptors (Lipinski definition) is 3. The van der Waals surface area contributed by atoms with E-state index in [-0.39, 0.29) is 5.91 Å². The summed E-state index contributed by atoms with van der Waals surface area (Å²) in [4.78, 5) is 14.1. The Morgan fingerprint density at radius 3 is 2.83 bits per heavy atom. The summed E-state index contributed by atoms with van der Waals surface area (Å²) < 4.78 is 6.26. The smallest absolute Gasteiger partial charge is 0.227 e. The van der Waals surface area contributed by atoms with Crippen LogP contribution in [0.5, 0.6) is 5.75 Å². The lowest BCUT2D eigenvalue weighted by Crippen LogP contribution is -2.46. The summed E-state index contributed by atoms with van der Waals surface area (Å²) in [5.41, 5.74) is 0.934. The van der Waals surface area contributed by atoms with Crippen molar-refractivity contribution in [2.75, 3.05) is 33.3 Å². The number of carbonyl (C=O) groups excluding carboxylic acids is 1. The lowest BCUT2D eigenvalue weighted by Gasteiger charge is -2.27. The lowest BCUT2D eigenvalue weighted by molar-refractivity contribution is -0.131. The number of nitrogens with zero attached hydrogens (tertiary/aromatic N) is 1. The van der Waals surface area contributed by atoms with Gasteiger partial charge in [0.1, 0.15) is 5.75 Å². The van der Waals surface area contributed by atoms with E-state index in [2.05, 4.69) is 21.2 Å². The van der Waals surface area contributed by atoms with E-state index in [1.807, 2.05) is 23.1 Å². The first kappa shape index (κ1) is 13.4. The predicted molar refractivity (Wildman–Crippen MR) is 73.8 cm³/mol. The maximum atomic E-state index is 12.2. The number of halogens is 1. The fourth-order valence-corrected chi connectivity index (χ4v) is 2.39. The summed E-state index contributed by atoms with van der Waals surface area (Å²) in [5, 5.41) is 3.24. The zero-order valence-electron chi connectivity index (χ0n) is 10.4. The Bertz CT molecular complexity index is 431. The van der Waals surface area contributed by atoms with Crippen molar-refractivity contribution in [3.8, 4) is 5.75 Å². The quantitative estimate of drug-likeness (QED) is 0.918. The van der Waals surface area contributed by atoms with Crippen LogP contribution in [0.4, 0.5) is 0 Å². The van der Waals surface area contributed by atoms with Crippen LogP contribution in [0.2, 0.25) is 0 Å². The van der Waals surface area contributed by atoms with Crippen LogP contribution >= 0.6 is 15.9 Å². The second-order valence-corrected chi connectivity index (χ2v) is 5.18. The van der Waals surface area contributed by atoms with Gasteiger partial charge in [0.05, 0.1) is 13.5 Å². The SMILES string of the molecule is COc1cc(Br)ccc1CC(=O)N1CCNCC1. The molecule has 0 spiro atoms. The van der Waals surface area contributed by atoms with Gasteiger partial charge in [0.2, 0.25) is 5.91 Å². The molecule has 0 atom stereocenters. The molecule has 1 aliphatic rings. The molecule has 18 heavy (non-hydrogen) atoms. The van der Waals surface area contributed by atoms with Gasteiger partial charge in [0.25, 0.3) is 0 Å². The van der Waals surface area contributed by atoms with Crippen molar-refractivity contribution >= 4 is 21.8 Å². The van der Waals surface area contributed by atoms with Gasteiger partial charge in [0.15, 0.2) is 0 Å². The second-order valence-electron chi connectivity index (χ2n) is 4.26. The minimum atomic E-state index is 0.164. The number of nitrogens with one attached hydrogen (secondary N) is 1. The van der Waals surface area contributed by atoms with Crippen LogP contribution in [0.25, 0.3) is 0 Å². The van der Waals surface area contributed by atoms with E-state index in [9.17, 15) is 4.79 Å². The van der Waals surface area contributed by atoms with Crippen molar-refractivity contribution in [3.05, 3.63) is 28.2 Å². The van der Waals surface area contributed by atoms with Crippen LogP contribution < -0.4 is 10.1 Å². The average Bonchev–Trinajstić information content (AvgIpc) is 2.41. The molecule has 0 saturated carbocycles. The molecule has 0 aliphatic carbocycles. The number of rotatable bonds is 3. The molecule has 98 valence electrons. The van der Waals surface area contributed by atoms with E-state index in [0.29, 0.717) is 6.42 Å². The highest BCUT2D eigenvalue weighted by Gasteiger charge is 2.17. The van der Waals surface area contributed by atoms with Gasteiger partial charge in [-0.1, -0.05) is 22.0 Å². The maximum absolute atomic E-state index is 12.2. The number of carbonyl (C=O) groups is 1. The van der Waals surface area contributed by atoms with Crippen LogP contribution in [-0.2, 0) is 11.2 Å². The van der Waals surface area contributed by atoms with E-state index in [1.54, 1.807) is 7.11 Å². The second kappa shape index (κ2) is 6.20. The number of benzene rings is 1. The summed E-state index contributed by atoms with van der Waals surface area (Å²) in [6.45, 7) is 3.34. The van der Waals surface area contributed by atoms with Gasteiger partial charge in [-0.15, -0.1) is 0 Å². The molecule has 1 heterocycles. The highest BCUT2D eigenvalue weighted by molar-refractivity contribution is 9.10. The lowest BCUT2D eigenvalue weighted by atomic mass is 10.1. The fourth-order valence-electron chi connectivity index (χ4n) is 2.05. The van der Waals surface area contributed by atoms with Crippen molar-refractivity contribution in [1.29, 1.82) is 0 Å². The Morgan fingerprint density at radius 1 is 1.44 bits per heavy atom. The Morgan fingerprint density at radius 2 is 2.17 bits per heavy atom. The number of piperazine rings is 1. The normalized spacial score (nSPS) is 15.6. The Hall–Kier alpha value is -1.07. The van der Waals surface area contributed by atoms with Crippen LogP contribution in [0, 0.1) is 0 Å². The van der Waals surface area contributed by atoms with Crippen LogP contribution in [0.3, 0.4) is 0 Å². The summed E-state index contributed by atoms with van der Waals surface area (Å²) in [5.74, 6) is 0.921. The summed E-state index contributed by atoms with van der Waals surface area (Å²) in [7, 11) is 1.63. The molecule has 1 saturated heterocycles. The molecule has 1 N–H and O–H groups in total. The van der Waals surface area contributed by atoms with Crippen LogP contribution in [-0.4, -0.2) is 44.1 Å². The summed E-state index contributed by atoms with van der Waals surface area (Å²) in [6, 6.07) is 5.76. The molecule has 1 aromatic carbocycles. The molecule has 1 fully saturated rings. The molecule has 1 aromatic rings. The predicted octanol–water partition coefficient (Wildman–Crippen LogP) is 1.43. The topological polar surface area (TPSA) is 41.6 Å². The molecule has 1 aliphatic heterocycles. The minimum Gasteiger partial charge on any atom is -0.496 e. The Balaban J connectivity index is 2.06.